The Morgan fingerprint density at radius 2 is 1.34 bits per heavy atom. The van der Waals surface area contributed by atoms with E-state index < -0.39 is 0 Å². The van der Waals surface area contributed by atoms with Gasteiger partial charge in [0.25, 0.3) is 0 Å². The Morgan fingerprint density at radius 1 is 0.711 bits per heavy atom. The fourth-order valence-corrected chi connectivity index (χ4v) is 3.69. The third-order valence-corrected chi connectivity index (χ3v) is 5.64. The lowest BCUT2D eigenvalue weighted by atomic mass is 10.1. The van der Waals surface area contributed by atoms with Crippen LogP contribution in [0.2, 0.25) is 0 Å². The number of benzene rings is 3. The lowest BCUT2D eigenvalue weighted by molar-refractivity contribution is 0.104. The molecule has 0 saturated heterocycles. The highest BCUT2D eigenvalue weighted by atomic mass is 16.5. The van der Waals surface area contributed by atoms with E-state index in [-0.39, 0.29) is 17.3 Å². The summed E-state index contributed by atoms with van der Waals surface area (Å²) in [7, 11) is 9.13. The van der Waals surface area contributed by atoms with Gasteiger partial charge in [-0.1, -0.05) is 12.2 Å². The predicted molar refractivity (Wildman–Crippen MR) is 146 cm³/mol. The Bertz CT molecular complexity index is 1320. The molecule has 9 nitrogen and oxygen atoms in total. The van der Waals surface area contributed by atoms with Crippen LogP contribution in [0.3, 0.4) is 0 Å². The second-order valence-electron chi connectivity index (χ2n) is 7.81. The standard InChI is InChI=1S/C29H31NO8/c1-33-24-10-9-20(16-26(24)35-3)22(31)11-12-30-21-17-25(34-2)23(32)15-19(21)8-7-18-13-27(36-4)29(38-6)28(14-18)37-5/h7-17,30,32H,1-6H3/b8-7-,12-11-. The maximum absolute atomic E-state index is 12.7. The molecule has 0 atom stereocenters. The molecule has 0 saturated carbocycles. The number of hydrogen-bond donors (Lipinski definition) is 2. The number of allylic oxidation sites excluding steroid dienone is 1. The number of phenols is 1. The van der Waals surface area contributed by atoms with Crippen LogP contribution in [-0.2, 0) is 0 Å². The van der Waals surface area contributed by atoms with Gasteiger partial charge in [0.2, 0.25) is 5.75 Å². The first-order chi connectivity index (χ1) is 18.4. The van der Waals surface area contributed by atoms with Gasteiger partial charge in [-0.05, 0) is 42.0 Å². The van der Waals surface area contributed by atoms with Gasteiger partial charge in [-0.15, -0.1) is 0 Å². The first-order valence-electron chi connectivity index (χ1n) is 11.5. The smallest absolute Gasteiger partial charge is 0.203 e. The van der Waals surface area contributed by atoms with Crippen molar-refractivity contribution in [3.05, 3.63) is 71.4 Å². The van der Waals surface area contributed by atoms with Crippen molar-refractivity contribution in [1.82, 2.24) is 0 Å². The van der Waals surface area contributed by atoms with Crippen molar-refractivity contribution in [3.8, 4) is 40.2 Å². The molecule has 2 N–H and O–H groups in total. The number of anilines is 1. The molecule has 0 radical (unpaired) electrons. The Hall–Kier alpha value is -4.79. The number of hydrogen-bond acceptors (Lipinski definition) is 9. The number of rotatable bonds is 12. The molecule has 38 heavy (non-hydrogen) atoms. The lowest BCUT2D eigenvalue weighted by Gasteiger charge is -2.13. The van der Waals surface area contributed by atoms with Crippen LogP contribution >= 0.6 is 0 Å². The van der Waals surface area contributed by atoms with E-state index in [1.165, 1.54) is 40.7 Å². The summed E-state index contributed by atoms with van der Waals surface area (Å²) in [6, 6.07) is 11.7. The number of aromatic hydroxyl groups is 1. The van der Waals surface area contributed by atoms with E-state index in [9.17, 15) is 9.90 Å². The summed E-state index contributed by atoms with van der Waals surface area (Å²) >= 11 is 0. The second-order valence-corrected chi connectivity index (χ2v) is 7.81. The minimum Gasteiger partial charge on any atom is -0.504 e. The monoisotopic (exact) mass is 521 g/mol. The van der Waals surface area contributed by atoms with Crippen molar-refractivity contribution < 1.29 is 38.3 Å². The first kappa shape index (κ1) is 27.8. The van der Waals surface area contributed by atoms with E-state index in [1.807, 2.05) is 6.08 Å². The normalized spacial score (nSPS) is 10.9. The van der Waals surface area contributed by atoms with Gasteiger partial charge in [-0.2, -0.15) is 0 Å². The number of carbonyl (C=O) groups excluding carboxylic acids is 1. The van der Waals surface area contributed by atoms with E-state index in [0.29, 0.717) is 45.6 Å². The number of nitrogens with one attached hydrogen (secondary N) is 1. The van der Waals surface area contributed by atoms with Crippen LogP contribution in [0.15, 0.2) is 54.7 Å². The Balaban J connectivity index is 1.89. The maximum atomic E-state index is 12.7. The van der Waals surface area contributed by atoms with Gasteiger partial charge in [0.1, 0.15) is 0 Å². The third kappa shape index (κ3) is 6.31. The minimum absolute atomic E-state index is 0.0343. The molecule has 0 aliphatic carbocycles. The summed E-state index contributed by atoms with van der Waals surface area (Å²) in [4.78, 5) is 12.7. The molecule has 0 amide bonds. The van der Waals surface area contributed by atoms with Gasteiger partial charge < -0.3 is 38.8 Å². The largest absolute Gasteiger partial charge is 0.504 e. The molecule has 0 aliphatic rings. The van der Waals surface area contributed by atoms with Gasteiger partial charge in [0, 0.05) is 35.2 Å². The zero-order valence-corrected chi connectivity index (χ0v) is 22.2. The quantitative estimate of drug-likeness (QED) is 0.140. The summed E-state index contributed by atoms with van der Waals surface area (Å²) in [6.07, 6.45) is 6.54. The molecule has 200 valence electrons. The van der Waals surface area contributed by atoms with E-state index in [4.69, 9.17) is 28.4 Å². The Kier molecular flexibility index (Phi) is 9.48. The van der Waals surface area contributed by atoms with E-state index in [2.05, 4.69) is 5.32 Å². The van der Waals surface area contributed by atoms with Crippen LogP contribution in [0.25, 0.3) is 12.2 Å². The van der Waals surface area contributed by atoms with E-state index in [0.717, 1.165) is 5.56 Å². The van der Waals surface area contributed by atoms with Crippen LogP contribution in [0.1, 0.15) is 21.5 Å². The molecule has 0 bridgehead atoms. The Morgan fingerprint density at radius 3 is 1.92 bits per heavy atom. The van der Waals surface area contributed by atoms with Crippen molar-refractivity contribution >= 4 is 23.6 Å². The molecule has 0 aromatic heterocycles. The van der Waals surface area contributed by atoms with Crippen molar-refractivity contribution in [2.75, 3.05) is 48.0 Å². The van der Waals surface area contributed by atoms with Crippen LogP contribution in [0.5, 0.6) is 40.2 Å². The number of methoxy groups -OCH3 is 6. The molecular weight excluding hydrogens is 490 g/mol. The SMILES string of the molecule is COc1cc(N/C=C\C(=O)c2ccc(OC)c(OC)c2)c(/C=C\c2cc(OC)c(OC)c(OC)c2)cc1O. The van der Waals surface area contributed by atoms with Crippen molar-refractivity contribution in [1.29, 1.82) is 0 Å². The average Bonchev–Trinajstić information content (AvgIpc) is 2.95. The molecule has 0 heterocycles. The highest BCUT2D eigenvalue weighted by molar-refractivity contribution is 6.05. The molecule has 3 rings (SSSR count). The summed E-state index contributed by atoms with van der Waals surface area (Å²) in [6.45, 7) is 0. The van der Waals surface area contributed by atoms with Crippen molar-refractivity contribution in [2.24, 2.45) is 0 Å². The zero-order valence-electron chi connectivity index (χ0n) is 22.2. The third-order valence-electron chi connectivity index (χ3n) is 5.64. The van der Waals surface area contributed by atoms with E-state index in [1.54, 1.807) is 62.8 Å². The first-order valence-corrected chi connectivity index (χ1v) is 11.5. The summed E-state index contributed by atoms with van der Waals surface area (Å²) in [5.41, 5.74) is 2.45. The van der Waals surface area contributed by atoms with Crippen LogP contribution < -0.4 is 33.7 Å². The van der Waals surface area contributed by atoms with E-state index >= 15 is 0 Å². The van der Waals surface area contributed by atoms with Gasteiger partial charge in [0.05, 0.1) is 42.7 Å². The highest BCUT2D eigenvalue weighted by Gasteiger charge is 2.13. The molecule has 0 fully saturated rings. The predicted octanol–water partition coefficient (Wildman–Crippen LogP) is 5.42. The molecular formula is C29H31NO8. The van der Waals surface area contributed by atoms with Gasteiger partial charge in [0.15, 0.2) is 40.3 Å². The van der Waals surface area contributed by atoms with Crippen molar-refractivity contribution in [2.45, 2.75) is 0 Å². The minimum atomic E-state index is -0.237. The number of phenolic OH excluding ortho intramolecular Hbond substituents is 1. The summed E-state index contributed by atoms with van der Waals surface area (Å²) in [5, 5.41) is 13.5. The van der Waals surface area contributed by atoms with Gasteiger partial charge >= 0.3 is 0 Å². The van der Waals surface area contributed by atoms with Gasteiger partial charge in [-0.3, -0.25) is 4.79 Å². The summed E-state index contributed by atoms with van der Waals surface area (Å²) < 4.78 is 32.0. The number of carbonyl (C=O) groups is 1. The van der Waals surface area contributed by atoms with Crippen LogP contribution in [0, 0.1) is 0 Å². The summed E-state index contributed by atoms with van der Waals surface area (Å²) in [5.74, 6) is 2.51. The fourth-order valence-electron chi connectivity index (χ4n) is 3.69. The average molecular weight is 522 g/mol. The Labute approximate surface area is 221 Å². The second kappa shape index (κ2) is 13.0. The maximum Gasteiger partial charge on any atom is 0.203 e. The number of ether oxygens (including phenoxy) is 6. The lowest BCUT2D eigenvalue weighted by Crippen LogP contribution is -1.99. The molecule has 3 aromatic rings. The molecule has 3 aromatic carbocycles. The zero-order chi connectivity index (χ0) is 27.7. The molecule has 0 unspecified atom stereocenters. The molecule has 0 aliphatic heterocycles. The molecule has 9 heteroatoms. The highest BCUT2D eigenvalue weighted by Crippen LogP contribution is 2.39. The van der Waals surface area contributed by atoms with Crippen LogP contribution in [-0.4, -0.2) is 53.5 Å². The molecule has 0 spiro atoms. The number of ketones is 1. The van der Waals surface area contributed by atoms with Crippen molar-refractivity contribution in [3.63, 3.8) is 0 Å². The topological polar surface area (TPSA) is 105 Å². The fraction of sp³-hybridized carbons (Fsp3) is 0.207. The van der Waals surface area contributed by atoms with Gasteiger partial charge in [-0.25, -0.2) is 0 Å². The van der Waals surface area contributed by atoms with Crippen LogP contribution in [0.4, 0.5) is 5.69 Å².